The van der Waals surface area contributed by atoms with E-state index in [1.54, 1.807) is 0 Å². The first-order valence-electron chi connectivity index (χ1n) is 4.81. The number of amidine groups is 1. The van der Waals surface area contributed by atoms with Crippen molar-refractivity contribution >= 4 is 11.9 Å². The summed E-state index contributed by atoms with van der Waals surface area (Å²) < 4.78 is 0. The molecule has 3 N–H and O–H groups in total. The highest BCUT2D eigenvalue weighted by atomic mass is 16.2. The largest absolute Gasteiger partial charge is 0.385 e. The fourth-order valence-electron chi connectivity index (χ4n) is 1.70. The maximum atomic E-state index is 11.1. The van der Waals surface area contributed by atoms with E-state index < -0.39 is 5.54 Å². The van der Waals surface area contributed by atoms with Gasteiger partial charge in [-0.3, -0.25) is 0 Å². The Morgan fingerprint density at radius 2 is 2.07 bits per heavy atom. The van der Waals surface area contributed by atoms with E-state index in [0.29, 0.717) is 12.3 Å². The molecule has 1 aromatic carbocycles. The van der Waals surface area contributed by atoms with Gasteiger partial charge in [-0.15, -0.1) is 0 Å². The predicted molar refractivity (Wildman–Crippen MR) is 58.7 cm³/mol. The van der Waals surface area contributed by atoms with Crippen LogP contribution in [0, 0.1) is 0 Å². The van der Waals surface area contributed by atoms with Gasteiger partial charge < -0.3 is 11.1 Å². The number of urea groups is 1. The van der Waals surface area contributed by atoms with Crippen LogP contribution in [0.25, 0.3) is 0 Å². The Labute approximate surface area is 88.2 Å². The van der Waals surface area contributed by atoms with Gasteiger partial charge in [-0.2, -0.15) is 4.99 Å². The standard InChI is InChI=1S/C11H13N3O/c1-11(9(12)13-10(15)14-11)7-8-5-3-2-4-6-8/h2-6H,7H2,1H3,(H3,12,13,14,15). The Bertz CT molecular complexity index is 413. The second-order valence-electron chi connectivity index (χ2n) is 3.92. The van der Waals surface area contributed by atoms with Crippen LogP contribution in [0.2, 0.25) is 0 Å². The second kappa shape index (κ2) is 3.38. The number of hydrogen-bond donors (Lipinski definition) is 2. The number of nitrogens with zero attached hydrogens (tertiary/aromatic N) is 1. The second-order valence-corrected chi connectivity index (χ2v) is 3.92. The van der Waals surface area contributed by atoms with Gasteiger partial charge in [0.25, 0.3) is 0 Å². The summed E-state index contributed by atoms with van der Waals surface area (Å²) in [6.45, 7) is 1.88. The molecule has 4 nitrogen and oxygen atoms in total. The van der Waals surface area contributed by atoms with E-state index >= 15 is 0 Å². The molecule has 0 fully saturated rings. The fraction of sp³-hybridized carbons (Fsp3) is 0.273. The van der Waals surface area contributed by atoms with Crippen LogP contribution in [0.5, 0.6) is 0 Å². The van der Waals surface area contributed by atoms with Crippen LogP contribution in [0.1, 0.15) is 12.5 Å². The van der Waals surface area contributed by atoms with Crippen LogP contribution >= 0.6 is 0 Å². The lowest BCUT2D eigenvalue weighted by Gasteiger charge is -2.23. The minimum atomic E-state index is -0.543. The molecule has 0 saturated heterocycles. The lowest BCUT2D eigenvalue weighted by atomic mass is 9.92. The van der Waals surface area contributed by atoms with E-state index in [-0.39, 0.29) is 6.03 Å². The van der Waals surface area contributed by atoms with Gasteiger partial charge in [-0.1, -0.05) is 30.3 Å². The molecular formula is C11H13N3O. The Kier molecular flexibility index (Phi) is 2.19. The monoisotopic (exact) mass is 203 g/mol. The Morgan fingerprint density at radius 3 is 2.60 bits per heavy atom. The lowest BCUT2D eigenvalue weighted by molar-refractivity contribution is 0.247. The van der Waals surface area contributed by atoms with Crippen molar-refractivity contribution in [2.45, 2.75) is 18.9 Å². The van der Waals surface area contributed by atoms with Crippen molar-refractivity contribution in [3.63, 3.8) is 0 Å². The molecule has 0 aliphatic carbocycles. The van der Waals surface area contributed by atoms with Gasteiger partial charge in [0, 0.05) is 6.42 Å². The van der Waals surface area contributed by atoms with Crippen LogP contribution in [0.15, 0.2) is 35.3 Å². The molecule has 0 saturated carbocycles. The van der Waals surface area contributed by atoms with Crippen LogP contribution in [-0.4, -0.2) is 17.4 Å². The summed E-state index contributed by atoms with van der Waals surface area (Å²) in [6.07, 6.45) is 0.662. The van der Waals surface area contributed by atoms with E-state index in [1.165, 1.54) is 0 Å². The average molecular weight is 203 g/mol. The van der Waals surface area contributed by atoms with Crippen molar-refractivity contribution in [1.82, 2.24) is 5.32 Å². The molecule has 15 heavy (non-hydrogen) atoms. The van der Waals surface area contributed by atoms with Crippen molar-refractivity contribution in [1.29, 1.82) is 0 Å². The number of nitrogens with one attached hydrogen (secondary N) is 1. The summed E-state index contributed by atoms with van der Waals surface area (Å²) in [5.41, 5.74) is 6.30. The molecule has 4 heteroatoms. The molecule has 1 aromatic rings. The molecular weight excluding hydrogens is 190 g/mol. The van der Waals surface area contributed by atoms with Gasteiger partial charge in [-0.25, -0.2) is 4.79 Å². The zero-order valence-electron chi connectivity index (χ0n) is 8.53. The molecule has 0 spiro atoms. The first kappa shape index (κ1) is 9.71. The highest BCUT2D eigenvalue weighted by Gasteiger charge is 2.36. The highest BCUT2D eigenvalue weighted by molar-refractivity contribution is 6.05. The third-order valence-electron chi connectivity index (χ3n) is 2.57. The van der Waals surface area contributed by atoms with Gasteiger partial charge in [0.2, 0.25) is 0 Å². The van der Waals surface area contributed by atoms with Crippen molar-refractivity contribution in [2.75, 3.05) is 0 Å². The minimum Gasteiger partial charge on any atom is -0.385 e. The van der Waals surface area contributed by atoms with Gasteiger partial charge in [0.15, 0.2) is 0 Å². The number of hydrogen-bond acceptors (Lipinski definition) is 2. The molecule has 0 radical (unpaired) electrons. The molecule has 0 bridgehead atoms. The maximum Gasteiger partial charge on any atom is 0.343 e. The molecule has 78 valence electrons. The number of carbonyl (C=O) groups is 1. The molecule has 1 atom stereocenters. The molecule has 0 aromatic heterocycles. The normalized spacial score (nSPS) is 24.9. The van der Waals surface area contributed by atoms with Crippen LogP contribution < -0.4 is 11.1 Å². The van der Waals surface area contributed by atoms with Crippen LogP contribution in [0.3, 0.4) is 0 Å². The van der Waals surface area contributed by atoms with E-state index in [9.17, 15) is 4.79 Å². The Hall–Kier alpha value is -1.84. The number of nitrogens with two attached hydrogens (primary N) is 1. The average Bonchev–Trinajstić information content (AvgIpc) is 2.41. The molecule has 2 rings (SSSR count). The zero-order valence-corrected chi connectivity index (χ0v) is 8.53. The van der Waals surface area contributed by atoms with Crippen molar-refractivity contribution in [3.8, 4) is 0 Å². The Balaban J connectivity index is 2.20. The fourth-order valence-corrected chi connectivity index (χ4v) is 1.70. The quantitative estimate of drug-likeness (QED) is 0.754. The Morgan fingerprint density at radius 1 is 1.40 bits per heavy atom. The van der Waals surface area contributed by atoms with Gasteiger partial charge >= 0.3 is 6.03 Å². The third kappa shape index (κ3) is 1.83. The summed E-state index contributed by atoms with van der Waals surface area (Å²) in [4.78, 5) is 14.8. The first-order valence-corrected chi connectivity index (χ1v) is 4.81. The van der Waals surface area contributed by atoms with Gasteiger partial charge in [-0.05, 0) is 12.5 Å². The predicted octanol–water partition coefficient (Wildman–Crippen LogP) is 1.07. The van der Waals surface area contributed by atoms with Crippen LogP contribution in [-0.2, 0) is 6.42 Å². The van der Waals surface area contributed by atoms with E-state index in [2.05, 4.69) is 10.3 Å². The van der Waals surface area contributed by atoms with Crippen molar-refractivity contribution < 1.29 is 4.79 Å². The third-order valence-corrected chi connectivity index (χ3v) is 2.57. The molecule has 1 aliphatic rings. The molecule has 1 unspecified atom stereocenters. The lowest BCUT2D eigenvalue weighted by Crippen LogP contribution is -2.50. The number of aliphatic imine (C=N–C) groups is 1. The smallest absolute Gasteiger partial charge is 0.343 e. The summed E-state index contributed by atoms with van der Waals surface area (Å²) >= 11 is 0. The molecule has 2 amide bonds. The SMILES string of the molecule is CC1(Cc2ccccc2)NC(=O)N=C1N. The summed E-state index contributed by atoms with van der Waals surface area (Å²) in [5.74, 6) is 0.358. The maximum absolute atomic E-state index is 11.1. The van der Waals surface area contributed by atoms with Gasteiger partial charge in [0.1, 0.15) is 11.4 Å². The number of benzene rings is 1. The van der Waals surface area contributed by atoms with E-state index in [4.69, 9.17) is 5.73 Å². The van der Waals surface area contributed by atoms with E-state index in [0.717, 1.165) is 5.56 Å². The topological polar surface area (TPSA) is 67.5 Å². The summed E-state index contributed by atoms with van der Waals surface area (Å²) in [6, 6.07) is 9.53. The van der Waals surface area contributed by atoms with Crippen molar-refractivity contribution in [3.05, 3.63) is 35.9 Å². The van der Waals surface area contributed by atoms with E-state index in [1.807, 2.05) is 37.3 Å². The first-order chi connectivity index (χ1) is 7.10. The van der Waals surface area contributed by atoms with Crippen LogP contribution in [0.4, 0.5) is 4.79 Å². The highest BCUT2D eigenvalue weighted by Crippen LogP contribution is 2.17. The zero-order chi connectivity index (χ0) is 10.9. The van der Waals surface area contributed by atoms with Gasteiger partial charge in [0.05, 0.1) is 0 Å². The molecule has 1 aliphatic heterocycles. The summed E-state index contributed by atoms with van der Waals surface area (Å²) in [5, 5.41) is 2.76. The molecule has 1 heterocycles. The number of rotatable bonds is 2. The summed E-state index contributed by atoms with van der Waals surface area (Å²) in [7, 11) is 0. The number of carbonyl (C=O) groups excluding carboxylic acids is 1. The number of amides is 2. The van der Waals surface area contributed by atoms with Crippen molar-refractivity contribution in [2.24, 2.45) is 10.7 Å². The minimum absolute atomic E-state index is 0.356.